The van der Waals surface area contributed by atoms with Crippen LogP contribution in [0.3, 0.4) is 0 Å². The minimum absolute atomic E-state index is 0.0674. The predicted octanol–water partition coefficient (Wildman–Crippen LogP) is 2.97. The fraction of sp³-hybridized carbons (Fsp3) is 0.750. The number of methoxy groups -OCH3 is 1. The molecule has 0 heterocycles. The summed E-state index contributed by atoms with van der Waals surface area (Å²) in [4.78, 5) is 10.8. The molecule has 1 atom stereocenters. The van der Waals surface area contributed by atoms with Gasteiger partial charge < -0.3 is 4.74 Å². The van der Waals surface area contributed by atoms with Crippen molar-refractivity contribution in [1.29, 1.82) is 0 Å². The van der Waals surface area contributed by atoms with Crippen LogP contribution in [0.25, 0.3) is 0 Å². The molecule has 0 aromatic heterocycles. The molecule has 0 spiro atoms. The van der Waals surface area contributed by atoms with Crippen molar-refractivity contribution in [3.63, 3.8) is 0 Å². The van der Waals surface area contributed by atoms with Crippen molar-refractivity contribution in [2.45, 2.75) is 46.1 Å². The average molecular weight is 198 g/mol. The molecular weight excluding hydrogens is 176 g/mol. The van der Waals surface area contributed by atoms with Gasteiger partial charge in [0.25, 0.3) is 0 Å². The van der Waals surface area contributed by atoms with E-state index in [1.165, 1.54) is 0 Å². The van der Waals surface area contributed by atoms with Gasteiger partial charge in [-0.15, -0.1) is 0 Å². The molecule has 0 aromatic carbocycles. The Morgan fingerprint density at radius 3 is 2.43 bits per heavy atom. The Bertz CT molecular complexity index is 206. The second kappa shape index (κ2) is 5.97. The number of carbonyl (C=O) groups excluding carboxylic acids is 1. The molecule has 0 saturated carbocycles. The number of carbonyl (C=O) groups is 1. The molecule has 0 rings (SSSR count). The quantitative estimate of drug-likeness (QED) is 0.613. The van der Waals surface area contributed by atoms with E-state index in [2.05, 4.69) is 13.8 Å². The van der Waals surface area contributed by atoms with E-state index in [0.717, 1.165) is 12.8 Å². The summed E-state index contributed by atoms with van der Waals surface area (Å²) in [5.41, 5.74) is -0.296. The minimum Gasteiger partial charge on any atom is -0.374 e. The Balaban J connectivity index is 4.24. The summed E-state index contributed by atoms with van der Waals surface area (Å²) >= 11 is 0. The third-order valence-corrected chi connectivity index (χ3v) is 2.36. The third kappa shape index (κ3) is 5.92. The smallest absolute Gasteiger partial charge is 0.152 e. The van der Waals surface area contributed by atoms with Crippen LogP contribution in [0.4, 0.5) is 0 Å². The van der Waals surface area contributed by atoms with Gasteiger partial charge in [-0.2, -0.15) is 0 Å². The molecule has 0 saturated heterocycles. The van der Waals surface area contributed by atoms with Crippen molar-refractivity contribution in [3.8, 4) is 0 Å². The standard InChI is InChI=1S/C12H22O2/c1-10(2)6-8-12(4,14-5)9-7-11(3)13/h7,9-10H,6,8H2,1-5H3/b9-7+. The van der Waals surface area contributed by atoms with Crippen molar-refractivity contribution < 1.29 is 9.53 Å². The lowest BCUT2D eigenvalue weighted by molar-refractivity contribution is -0.112. The van der Waals surface area contributed by atoms with Gasteiger partial charge in [0.2, 0.25) is 0 Å². The Morgan fingerprint density at radius 2 is 2.07 bits per heavy atom. The zero-order chi connectivity index (χ0) is 11.2. The van der Waals surface area contributed by atoms with Crippen LogP contribution in [-0.2, 0) is 9.53 Å². The maximum Gasteiger partial charge on any atom is 0.152 e. The molecule has 82 valence electrons. The van der Waals surface area contributed by atoms with Crippen LogP contribution in [-0.4, -0.2) is 18.5 Å². The van der Waals surface area contributed by atoms with Crippen molar-refractivity contribution in [1.82, 2.24) is 0 Å². The number of hydrogen-bond acceptors (Lipinski definition) is 2. The topological polar surface area (TPSA) is 26.3 Å². The van der Waals surface area contributed by atoms with Gasteiger partial charge >= 0.3 is 0 Å². The van der Waals surface area contributed by atoms with Gasteiger partial charge in [-0.25, -0.2) is 0 Å². The van der Waals surface area contributed by atoms with E-state index in [4.69, 9.17) is 4.74 Å². The van der Waals surface area contributed by atoms with Gasteiger partial charge in [-0.1, -0.05) is 13.8 Å². The Morgan fingerprint density at radius 1 is 1.50 bits per heavy atom. The first-order valence-electron chi connectivity index (χ1n) is 5.14. The number of ketones is 1. The number of hydrogen-bond donors (Lipinski definition) is 0. The molecule has 0 N–H and O–H groups in total. The first-order valence-corrected chi connectivity index (χ1v) is 5.14. The normalized spacial score (nSPS) is 16.1. The highest BCUT2D eigenvalue weighted by atomic mass is 16.5. The van der Waals surface area contributed by atoms with Gasteiger partial charge in [0, 0.05) is 7.11 Å². The number of ether oxygens (including phenoxy) is 1. The number of rotatable bonds is 6. The lowest BCUT2D eigenvalue weighted by Gasteiger charge is -2.25. The Hall–Kier alpha value is -0.630. The SMILES string of the molecule is COC(C)(/C=C/C(C)=O)CCC(C)C. The van der Waals surface area contributed by atoms with Crippen LogP contribution in [0, 0.1) is 5.92 Å². The third-order valence-electron chi connectivity index (χ3n) is 2.36. The van der Waals surface area contributed by atoms with E-state index in [9.17, 15) is 4.79 Å². The summed E-state index contributed by atoms with van der Waals surface area (Å²) in [7, 11) is 1.69. The van der Waals surface area contributed by atoms with E-state index in [1.54, 1.807) is 20.1 Å². The molecule has 0 aliphatic rings. The van der Waals surface area contributed by atoms with Gasteiger partial charge in [-0.05, 0) is 44.8 Å². The molecule has 0 amide bonds. The highest BCUT2D eigenvalue weighted by molar-refractivity contribution is 5.87. The second-order valence-corrected chi connectivity index (χ2v) is 4.39. The molecule has 0 fully saturated rings. The lowest BCUT2D eigenvalue weighted by atomic mass is 9.94. The second-order valence-electron chi connectivity index (χ2n) is 4.39. The maximum atomic E-state index is 10.8. The lowest BCUT2D eigenvalue weighted by Crippen LogP contribution is -2.25. The van der Waals surface area contributed by atoms with Crippen LogP contribution in [0.15, 0.2) is 12.2 Å². The molecule has 2 nitrogen and oxygen atoms in total. The molecule has 14 heavy (non-hydrogen) atoms. The largest absolute Gasteiger partial charge is 0.374 e. The van der Waals surface area contributed by atoms with Crippen molar-refractivity contribution in [3.05, 3.63) is 12.2 Å². The highest BCUT2D eigenvalue weighted by Crippen LogP contribution is 2.21. The van der Waals surface area contributed by atoms with Gasteiger partial charge in [-0.3, -0.25) is 4.79 Å². The summed E-state index contributed by atoms with van der Waals surface area (Å²) in [5, 5.41) is 0. The first kappa shape index (κ1) is 13.4. The zero-order valence-corrected chi connectivity index (χ0v) is 9.96. The summed E-state index contributed by atoms with van der Waals surface area (Å²) in [6.07, 6.45) is 5.50. The Kier molecular flexibility index (Phi) is 5.70. The van der Waals surface area contributed by atoms with Crippen molar-refractivity contribution in [2.75, 3.05) is 7.11 Å². The van der Waals surface area contributed by atoms with Gasteiger partial charge in [0.05, 0.1) is 5.60 Å². The zero-order valence-electron chi connectivity index (χ0n) is 9.96. The van der Waals surface area contributed by atoms with E-state index < -0.39 is 0 Å². The first-order chi connectivity index (χ1) is 6.39. The molecule has 1 unspecified atom stereocenters. The average Bonchev–Trinajstić information content (AvgIpc) is 2.11. The van der Waals surface area contributed by atoms with Gasteiger partial charge in [0.1, 0.15) is 0 Å². The molecule has 0 aliphatic heterocycles. The van der Waals surface area contributed by atoms with Crippen molar-refractivity contribution >= 4 is 5.78 Å². The van der Waals surface area contributed by atoms with Crippen molar-refractivity contribution in [2.24, 2.45) is 5.92 Å². The van der Waals surface area contributed by atoms with Crippen LogP contribution < -0.4 is 0 Å². The maximum absolute atomic E-state index is 10.8. The van der Waals surface area contributed by atoms with Crippen LogP contribution in [0.1, 0.15) is 40.5 Å². The summed E-state index contributed by atoms with van der Waals surface area (Å²) in [5.74, 6) is 0.730. The highest BCUT2D eigenvalue weighted by Gasteiger charge is 2.19. The number of allylic oxidation sites excluding steroid dienone is 1. The molecule has 0 aromatic rings. The van der Waals surface area contributed by atoms with Crippen LogP contribution >= 0.6 is 0 Å². The van der Waals surface area contributed by atoms with E-state index >= 15 is 0 Å². The summed E-state index contributed by atoms with van der Waals surface area (Å²) in [6, 6.07) is 0. The fourth-order valence-electron chi connectivity index (χ4n) is 1.12. The fourth-order valence-corrected chi connectivity index (χ4v) is 1.12. The van der Waals surface area contributed by atoms with Crippen LogP contribution in [0.5, 0.6) is 0 Å². The van der Waals surface area contributed by atoms with Gasteiger partial charge in [0.15, 0.2) is 5.78 Å². The predicted molar refractivity (Wildman–Crippen MR) is 59.3 cm³/mol. The summed E-state index contributed by atoms with van der Waals surface area (Å²) in [6.45, 7) is 7.93. The molecule has 0 radical (unpaired) electrons. The van der Waals surface area contributed by atoms with E-state index in [1.807, 2.05) is 13.0 Å². The molecule has 2 heteroatoms. The van der Waals surface area contributed by atoms with Crippen LogP contribution in [0.2, 0.25) is 0 Å². The summed E-state index contributed by atoms with van der Waals surface area (Å²) < 4.78 is 5.40. The molecular formula is C12H22O2. The van der Waals surface area contributed by atoms with E-state index in [-0.39, 0.29) is 11.4 Å². The minimum atomic E-state index is -0.296. The Labute approximate surface area is 87.3 Å². The monoisotopic (exact) mass is 198 g/mol. The molecule has 0 bridgehead atoms. The molecule has 0 aliphatic carbocycles. The van der Waals surface area contributed by atoms with E-state index in [0.29, 0.717) is 5.92 Å².